The summed E-state index contributed by atoms with van der Waals surface area (Å²) in [4.78, 5) is 28.0. The van der Waals surface area contributed by atoms with Crippen LogP contribution in [0.2, 0.25) is 5.02 Å². The Morgan fingerprint density at radius 3 is 2.54 bits per heavy atom. The number of carbonyl (C=O) groups is 1. The van der Waals surface area contributed by atoms with Crippen LogP contribution in [0.15, 0.2) is 51.7 Å². The van der Waals surface area contributed by atoms with Gasteiger partial charge in [-0.25, -0.2) is 0 Å². The lowest BCUT2D eigenvalue weighted by Gasteiger charge is -2.24. The quantitative estimate of drug-likeness (QED) is 0.655. The summed E-state index contributed by atoms with van der Waals surface area (Å²) in [6, 6.07) is 11.5. The predicted molar refractivity (Wildman–Crippen MR) is 105 cm³/mol. The molecule has 7 heteroatoms. The number of carbonyl (C=O) groups excluding carboxylic acids is 1. The summed E-state index contributed by atoms with van der Waals surface area (Å²) >= 11 is 6.01. The maximum absolute atomic E-state index is 13.3. The third-order valence-electron chi connectivity index (χ3n) is 4.90. The first-order valence-electron chi connectivity index (χ1n) is 8.75. The Bertz CT molecular complexity index is 1110. The highest BCUT2D eigenvalue weighted by Crippen LogP contribution is 2.38. The normalized spacial score (nSPS) is 15.9. The van der Waals surface area contributed by atoms with E-state index in [0.29, 0.717) is 40.5 Å². The number of fused-ring (bicyclic) bond motifs is 2. The molecule has 6 nitrogen and oxygen atoms in total. The van der Waals surface area contributed by atoms with Crippen molar-refractivity contribution in [2.24, 2.45) is 0 Å². The van der Waals surface area contributed by atoms with Gasteiger partial charge in [0.1, 0.15) is 11.3 Å². The standard InChI is InChI=1S/C21H18ClNO5/c1-26-10-9-23-18(12-3-5-13(22)6-4-12)17-19(24)15-8-7-14(27-2)11-16(15)28-20(17)21(23)25/h3-8,11,18H,9-10H2,1-2H3/t18-/m1/s1. The van der Waals surface area contributed by atoms with E-state index in [1.54, 1.807) is 42.3 Å². The second-order valence-electron chi connectivity index (χ2n) is 6.48. The first-order valence-corrected chi connectivity index (χ1v) is 9.13. The van der Waals surface area contributed by atoms with Crippen LogP contribution < -0.4 is 10.2 Å². The van der Waals surface area contributed by atoms with Gasteiger partial charge in [0.15, 0.2) is 5.43 Å². The van der Waals surface area contributed by atoms with Crippen molar-refractivity contribution >= 4 is 28.5 Å². The Morgan fingerprint density at radius 1 is 1.11 bits per heavy atom. The number of ether oxygens (including phenoxy) is 2. The molecule has 0 fully saturated rings. The zero-order chi connectivity index (χ0) is 19.8. The van der Waals surface area contributed by atoms with Crippen molar-refractivity contribution < 1.29 is 18.7 Å². The van der Waals surface area contributed by atoms with Crippen LogP contribution in [0.1, 0.15) is 27.7 Å². The maximum Gasteiger partial charge on any atom is 0.290 e. The molecule has 0 aliphatic carbocycles. The Labute approximate surface area is 166 Å². The van der Waals surface area contributed by atoms with Gasteiger partial charge in [-0.05, 0) is 29.8 Å². The monoisotopic (exact) mass is 399 g/mol. The van der Waals surface area contributed by atoms with Gasteiger partial charge in [0.25, 0.3) is 5.91 Å². The first-order chi connectivity index (χ1) is 13.5. The van der Waals surface area contributed by atoms with Crippen molar-refractivity contribution in [2.75, 3.05) is 27.4 Å². The van der Waals surface area contributed by atoms with Crippen LogP contribution in [0.25, 0.3) is 11.0 Å². The van der Waals surface area contributed by atoms with E-state index in [-0.39, 0.29) is 17.1 Å². The van der Waals surface area contributed by atoms with Crippen molar-refractivity contribution in [2.45, 2.75) is 6.04 Å². The summed E-state index contributed by atoms with van der Waals surface area (Å²) in [5, 5.41) is 0.981. The average Bonchev–Trinajstić information content (AvgIpc) is 2.99. The van der Waals surface area contributed by atoms with Gasteiger partial charge < -0.3 is 18.8 Å². The van der Waals surface area contributed by atoms with Gasteiger partial charge in [-0.1, -0.05) is 23.7 Å². The Kier molecular flexibility index (Phi) is 4.83. The summed E-state index contributed by atoms with van der Waals surface area (Å²) in [5.74, 6) is 0.266. The van der Waals surface area contributed by atoms with Crippen LogP contribution in [-0.4, -0.2) is 38.2 Å². The van der Waals surface area contributed by atoms with E-state index in [4.69, 9.17) is 25.5 Å². The molecule has 0 spiro atoms. The summed E-state index contributed by atoms with van der Waals surface area (Å²) in [6.07, 6.45) is 0. The number of amides is 1. The van der Waals surface area contributed by atoms with Gasteiger partial charge in [-0.15, -0.1) is 0 Å². The molecule has 3 aromatic rings. The van der Waals surface area contributed by atoms with Gasteiger partial charge in [-0.2, -0.15) is 0 Å². The number of rotatable bonds is 5. The minimum absolute atomic E-state index is 0.0572. The molecule has 1 aromatic heterocycles. The Morgan fingerprint density at radius 2 is 1.86 bits per heavy atom. The Hall–Kier alpha value is -2.83. The molecule has 1 atom stereocenters. The highest BCUT2D eigenvalue weighted by atomic mass is 35.5. The van der Waals surface area contributed by atoms with E-state index < -0.39 is 6.04 Å². The van der Waals surface area contributed by atoms with E-state index in [9.17, 15) is 9.59 Å². The van der Waals surface area contributed by atoms with Crippen molar-refractivity contribution in [1.82, 2.24) is 4.90 Å². The van der Waals surface area contributed by atoms with E-state index in [0.717, 1.165) is 5.56 Å². The molecule has 1 amide bonds. The van der Waals surface area contributed by atoms with Crippen molar-refractivity contribution in [3.63, 3.8) is 0 Å². The van der Waals surface area contributed by atoms with Crippen LogP contribution in [0, 0.1) is 0 Å². The molecule has 2 heterocycles. The zero-order valence-corrected chi connectivity index (χ0v) is 16.2. The molecule has 1 aliphatic heterocycles. The molecular weight excluding hydrogens is 382 g/mol. The minimum Gasteiger partial charge on any atom is -0.497 e. The molecule has 28 heavy (non-hydrogen) atoms. The van der Waals surface area contributed by atoms with Crippen LogP contribution in [-0.2, 0) is 4.74 Å². The molecular formula is C21H18ClNO5. The van der Waals surface area contributed by atoms with Crippen LogP contribution in [0.5, 0.6) is 5.75 Å². The maximum atomic E-state index is 13.3. The third kappa shape index (κ3) is 2.95. The molecule has 0 N–H and O–H groups in total. The first kappa shape index (κ1) is 18.5. The topological polar surface area (TPSA) is 69.0 Å². The zero-order valence-electron chi connectivity index (χ0n) is 15.4. The van der Waals surface area contributed by atoms with Crippen LogP contribution in [0.3, 0.4) is 0 Å². The SMILES string of the molecule is COCCN1C(=O)c2oc3cc(OC)ccc3c(=O)c2[C@H]1c1ccc(Cl)cc1. The average molecular weight is 400 g/mol. The van der Waals surface area contributed by atoms with Gasteiger partial charge in [-0.3, -0.25) is 9.59 Å². The van der Waals surface area contributed by atoms with Crippen LogP contribution in [0.4, 0.5) is 0 Å². The number of benzene rings is 2. The summed E-state index contributed by atoms with van der Waals surface area (Å²) < 4.78 is 16.2. The number of nitrogens with zero attached hydrogens (tertiary/aromatic N) is 1. The van der Waals surface area contributed by atoms with Gasteiger partial charge in [0, 0.05) is 24.7 Å². The second kappa shape index (κ2) is 7.30. The smallest absolute Gasteiger partial charge is 0.290 e. The fraction of sp³-hybridized carbons (Fsp3) is 0.238. The predicted octanol–water partition coefficient (Wildman–Crippen LogP) is 3.65. The molecule has 0 saturated heterocycles. The fourth-order valence-corrected chi connectivity index (χ4v) is 3.66. The molecule has 2 aromatic carbocycles. The highest BCUT2D eigenvalue weighted by Gasteiger charge is 2.42. The second-order valence-corrected chi connectivity index (χ2v) is 6.92. The lowest BCUT2D eigenvalue weighted by molar-refractivity contribution is 0.0663. The molecule has 4 rings (SSSR count). The molecule has 0 unspecified atom stereocenters. The largest absolute Gasteiger partial charge is 0.497 e. The number of methoxy groups -OCH3 is 2. The summed E-state index contributed by atoms with van der Waals surface area (Å²) in [5.41, 5.74) is 1.21. The highest BCUT2D eigenvalue weighted by molar-refractivity contribution is 6.30. The lowest BCUT2D eigenvalue weighted by atomic mass is 9.98. The van der Waals surface area contributed by atoms with Crippen molar-refractivity contribution in [3.8, 4) is 5.75 Å². The van der Waals surface area contributed by atoms with E-state index in [1.165, 1.54) is 7.11 Å². The molecule has 1 aliphatic rings. The molecule has 0 saturated carbocycles. The van der Waals surface area contributed by atoms with E-state index >= 15 is 0 Å². The molecule has 144 valence electrons. The third-order valence-corrected chi connectivity index (χ3v) is 5.15. The van der Waals surface area contributed by atoms with E-state index in [2.05, 4.69) is 0 Å². The molecule has 0 bridgehead atoms. The van der Waals surface area contributed by atoms with Gasteiger partial charge in [0.2, 0.25) is 5.76 Å². The number of halogens is 1. The summed E-state index contributed by atoms with van der Waals surface area (Å²) in [7, 11) is 3.09. The van der Waals surface area contributed by atoms with Crippen LogP contribution >= 0.6 is 11.6 Å². The number of hydrogen-bond donors (Lipinski definition) is 0. The van der Waals surface area contributed by atoms with Crippen molar-refractivity contribution in [3.05, 3.63) is 74.6 Å². The summed E-state index contributed by atoms with van der Waals surface area (Å²) in [6.45, 7) is 0.664. The van der Waals surface area contributed by atoms with Gasteiger partial charge >= 0.3 is 0 Å². The fourth-order valence-electron chi connectivity index (χ4n) is 3.54. The van der Waals surface area contributed by atoms with Crippen molar-refractivity contribution in [1.29, 1.82) is 0 Å². The van der Waals surface area contributed by atoms with Gasteiger partial charge in [0.05, 0.1) is 30.7 Å². The Balaban J connectivity index is 1.95. The minimum atomic E-state index is -0.558. The molecule has 0 radical (unpaired) electrons. The number of hydrogen-bond acceptors (Lipinski definition) is 5. The lowest BCUT2D eigenvalue weighted by Crippen LogP contribution is -2.32. The van der Waals surface area contributed by atoms with E-state index in [1.807, 2.05) is 12.1 Å².